The Kier molecular flexibility index (Phi) is 6.58. The van der Waals surface area contributed by atoms with E-state index in [-0.39, 0.29) is 21.1 Å². The molecule has 9 rings (SSSR count). The van der Waals surface area contributed by atoms with Crippen LogP contribution in [0.2, 0.25) is 0 Å². The fourth-order valence-corrected chi connectivity index (χ4v) is 5.94. The molecule has 0 radical (unpaired) electrons. The molecule has 0 bridgehead atoms. The third-order valence-corrected chi connectivity index (χ3v) is 8.01. The Labute approximate surface area is 273 Å². The predicted molar refractivity (Wildman–Crippen MR) is 173 cm³/mol. The number of rotatable bonds is 5. The van der Waals surface area contributed by atoms with Gasteiger partial charge in [0.1, 0.15) is 11.5 Å². The smallest absolute Gasteiger partial charge is 0.481 e. The second kappa shape index (κ2) is 10.9. The maximum atomic E-state index is 6.32. The molecule has 45 heavy (non-hydrogen) atoms. The molecule has 0 amide bonds. The van der Waals surface area contributed by atoms with Gasteiger partial charge in [0, 0.05) is 48.3 Å². The normalized spacial score (nSPS) is 11.4. The van der Waals surface area contributed by atoms with Crippen LogP contribution in [0.1, 0.15) is 0 Å². The van der Waals surface area contributed by atoms with Crippen LogP contribution in [-0.4, -0.2) is 23.7 Å². The van der Waals surface area contributed by atoms with Crippen molar-refractivity contribution in [3.05, 3.63) is 152 Å². The summed E-state index contributed by atoms with van der Waals surface area (Å²) in [7, 11) is 0. The molecule has 0 aliphatic carbocycles. The minimum atomic E-state index is 0. The zero-order valence-electron chi connectivity index (χ0n) is 23.7. The fourth-order valence-electron chi connectivity index (χ4n) is 5.94. The third-order valence-electron chi connectivity index (χ3n) is 8.01. The molecule has 0 fully saturated rings. The van der Waals surface area contributed by atoms with Gasteiger partial charge in [-0.15, -0.1) is 35.9 Å². The summed E-state index contributed by atoms with van der Waals surface area (Å²) in [5, 5.41) is 2.23. The maximum absolute atomic E-state index is 6.32. The van der Waals surface area contributed by atoms with Gasteiger partial charge in [-0.05, 0) is 76.5 Å². The number of benzene rings is 4. The van der Waals surface area contributed by atoms with E-state index in [1.807, 2.05) is 97.7 Å². The van der Waals surface area contributed by atoms with Crippen LogP contribution >= 0.6 is 0 Å². The molecule has 6 nitrogen and oxygen atoms in total. The number of para-hydroxylation sites is 1. The van der Waals surface area contributed by atoms with Crippen molar-refractivity contribution < 1.29 is 25.5 Å². The second-order valence-corrected chi connectivity index (χ2v) is 10.7. The van der Waals surface area contributed by atoms with Crippen molar-refractivity contribution in [1.29, 1.82) is 0 Å². The Balaban J connectivity index is 0.00000300. The molecule has 0 unspecified atom stereocenters. The van der Waals surface area contributed by atoms with E-state index in [2.05, 4.69) is 73.3 Å². The number of nitrogens with zero attached hydrogens (tertiary/aromatic N) is 5. The van der Waals surface area contributed by atoms with E-state index in [1.54, 1.807) is 0 Å². The predicted octanol–water partition coefficient (Wildman–Crippen LogP) is 8.83. The van der Waals surface area contributed by atoms with E-state index in [9.17, 15) is 0 Å². The molecule has 0 saturated carbocycles. The van der Waals surface area contributed by atoms with Crippen LogP contribution in [0.5, 0.6) is 0 Å². The summed E-state index contributed by atoms with van der Waals surface area (Å²) >= 11 is 0. The summed E-state index contributed by atoms with van der Waals surface area (Å²) in [5.74, 6) is 0.530. The zero-order chi connectivity index (χ0) is 29.0. The average Bonchev–Trinajstić information content (AvgIpc) is 3.90. The number of hydrogen-bond acceptors (Lipinski definition) is 3. The first-order valence-electron chi connectivity index (χ1n) is 14.4. The van der Waals surface area contributed by atoms with Crippen LogP contribution in [0.4, 0.5) is 0 Å². The summed E-state index contributed by atoms with van der Waals surface area (Å²) in [6, 6.07) is 44.3. The second-order valence-electron chi connectivity index (χ2n) is 10.7. The molecule has 4 aromatic carbocycles. The minimum absolute atomic E-state index is 0. The minimum Gasteiger partial charge on any atom is -0.481 e. The van der Waals surface area contributed by atoms with Crippen molar-refractivity contribution in [3.63, 3.8) is 0 Å². The standard InChI is InChI=1S/C38H23N5O.Pt/c1-2-11-35-31(9-1)32-14-12-26(38-40-34-15-13-28(25-37(34)44-38)41-17-5-6-18-41)23-36(32)43(35)30-22-27(33-10-3-4-16-39-33)21-29(24-30)42-19-7-8-20-42;/h1-21,24-25H;/q-2;+2. The molecule has 5 aromatic heterocycles. The molecule has 0 spiro atoms. The molecular formula is C38H23N5OPt. The van der Waals surface area contributed by atoms with Crippen LogP contribution in [-0.2, 0) is 21.1 Å². The van der Waals surface area contributed by atoms with E-state index in [4.69, 9.17) is 9.40 Å². The Morgan fingerprint density at radius 1 is 0.622 bits per heavy atom. The van der Waals surface area contributed by atoms with Crippen LogP contribution in [0.15, 0.2) is 145 Å². The van der Waals surface area contributed by atoms with Crippen LogP contribution in [0.25, 0.3) is 72.7 Å². The molecule has 0 aliphatic rings. The topological polar surface area (TPSA) is 53.7 Å². The maximum Gasteiger partial charge on any atom is 2.00 e. The number of aromatic nitrogens is 5. The summed E-state index contributed by atoms with van der Waals surface area (Å²) in [6.45, 7) is 0. The van der Waals surface area contributed by atoms with Crippen molar-refractivity contribution in [3.8, 4) is 39.8 Å². The summed E-state index contributed by atoms with van der Waals surface area (Å²) in [6.07, 6.45) is 9.94. The number of pyridine rings is 1. The summed E-state index contributed by atoms with van der Waals surface area (Å²) in [4.78, 5) is 9.47. The molecule has 0 N–H and O–H groups in total. The molecule has 216 valence electrons. The van der Waals surface area contributed by atoms with Crippen molar-refractivity contribution in [2.45, 2.75) is 0 Å². The molecule has 0 saturated heterocycles. The van der Waals surface area contributed by atoms with Gasteiger partial charge in [0.25, 0.3) is 0 Å². The van der Waals surface area contributed by atoms with Gasteiger partial charge in [-0.1, -0.05) is 47.3 Å². The largest absolute Gasteiger partial charge is 2.00 e. The van der Waals surface area contributed by atoms with Gasteiger partial charge in [0.05, 0.1) is 5.52 Å². The van der Waals surface area contributed by atoms with E-state index in [0.29, 0.717) is 5.89 Å². The SMILES string of the molecule is [Pt+2].[c-]1c(-c2ccccn2)cc(-n2cccc2)cc1-n1c2[c-]c(-c3nc4ccc(-n5cccc5)cc4o3)ccc2c2ccccc21. The molecule has 5 heterocycles. The van der Waals surface area contributed by atoms with Crippen LogP contribution in [0, 0.1) is 12.1 Å². The van der Waals surface area contributed by atoms with Gasteiger partial charge in [-0.2, -0.15) is 0 Å². The van der Waals surface area contributed by atoms with Gasteiger partial charge >= 0.3 is 21.1 Å². The molecule has 7 heteroatoms. The molecular weight excluding hydrogens is 738 g/mol. The van der Waals surface area contributed by atoms with Gasteiger partial charge in [-0.25, -0.2) is 0 Å². The third kappa shape index (κ3) is 4.62. The van der Waals surface area contributed by atoms with Gasteiger partial charge in [0.15, 0.2) is 0 Å². The summed E-state index contributed by atoms with van der Waals surface area (Å²) < 4.78 is 12.7. The Morgan fingerprint density at radius 2 is 1.40 bits per heavy atom. The number of hydrogen-bond donors (Lipinski definition) is 0. The first-order valence-corrected chi connectivity index (χ1v) is 14.4. The fraction of sp³-hybridized carbons (Fsp3) is 0. The van der Waals surface area contributed by atoms with Crippen LogP contribution in [0.3, 0.4) is 0 Å². The van der Waals surface area contributed by atoms with E-state index in [0.717, 1.165) is 66.8 Å². The van der Waals surface area contributed by atoms with Crippen molar-refractivity contribution >= 4 is 32.9 Å². The Hall–Kier alpha value is -5.45. The molecule has 0 atom stereocenters. The quantitative estimate of drug-likeness (QED) is 0.165. The van der Waals surface area contributed by atoms with Crippen molar-refractivity contribution in [2.24, 2.45) is 0 Å². The van der Waals surface area contributed by atoms with Gasteiger partial charge < -0.3 is 23.1 Å². The van der Waals surface area contributed by atoms with Crippen molar-refractivity contribution in [2.75, 3.05) is 0 Å². The van der Waals surface area contributed by atoms with Crippen LogP contribution < -0.4 is 0 Å². The number of oxazole rings is 1. The van der Waals surface area contributed by atoms with E-state index < -0.39 is 0 Å². The Bertz CT molecular complexity index is 2440. The Morgan fingerprint density at radius 3 is 2.20 bits per heavy atom. The zero-order valence-corrected chi connectivity index (χ0v) is 26.0. The van der Waals surface area contributed by atoms with E-state index in [1.165, 1.54) is 0 Å². The number of fused-ring (bicyclic) bond motifs is 4. The molecule has 9 aromatic rings. The average molecular weight is 761 g/mol. The summed E-state index contributed by atoms with van der Waals surface area (Å²) in [5.41, 5.74) is 9.01. The first-order chi connectivity index (χ1) is 21.8. The van der Waals surface area contributed by atoms with Gasteiger partial charge in [-0.3, -0.25) is 4.98 Å². The molecule has 0 aliphatic heterocycles. The van der Waals surface area contributed by atoms with Gasteiger partial charge in [0.2, 0.25) is 0 Å². The van der Waals surface area contributed by atoms with Crippen molar-refractivity contribution in [1.82, 2.24) is 23.7 Å². The first kappa shape index (κ1) is 27.1. The monoisotopic (exact) mass is 760 g/mol. The van der Waals surface area contributed by atoms with E-state index >= 15 is 0 Å².